The van der Waals surface area contributed by atoms with Gasteiger partial charge in [0.2, 0.25) is 0 Å². The van der Waals surface area contributed by atoms with Gasteiger partial charge in [-0.05, 0) is 26.8 Å². The largest absolute Gasteiger partial charge is 0.466 e. The summed E-state index contributed by atoms with van der Waals surface area (Å²) in [4.78, 5) is 11.0. The Morgan fingerprint density at radius 1 is 1.62 bits per heavy atom. The first-order valence-corrected chi connectivity index (χ1v) is 5.51. The molecule has 1 aromatic rings. The highest BCUT2D eigenvalue weighted by molar-refractivity contribution is 5.69. The van der Waals surface area contributed by atoms with E-state index in [9.17, 15) is 4.79 Å². The number of rotatable bonds is 7. The highest BCUT2D eigenvalue weighted by Gasteiger charge is 2.02. The Labute approximate surface area is 95.1 Å². The first-order valence-electron chi connectivity index (χ1n) is 5.51. The van der Waals surface area contributed by atoms with Crippen LogP contribution in [0, 0.1) is 6.92 Å². The summed E-state index contributed by atoms with van der Waals surface area (Å²) in [7, 11) is 0. The van der Waals surface area contributed by atoms with Crippen molar-refractivity contribution in [1.82, 2.24) is 10.5 Å². The molecule has 1 rings (SSSR count). The molecule has 1 heterocycles. The number of esters is 1. The second-order valence-electron chi connectivity index (χ2n) is 3.52. The third kappa shape index (κ3) is 4.93. The summed E-state index contributed by atoms with van der Waals surface area (Å²) in [5.74, 6) is 0.674. The van der Waals surface area contributed by atoms with E-state index in [1.165, 1.54) is 0 Å². The zero-order valence-corrected chi connectivity index (χ0v) is 9.78. The van der Waals surface area contributed by atoms with Gasteiger partial charge in [-0.3, -0.25) is 4.79 Å². The van der Waals surface area contributed by atoms with Gasteiger partial charge in [-0.1, -0.05) is 5.16 Å². The fourth-order valence-corrected chi connectivity index (χ4v) is 1.30. The van der Waals surface area contributed by atoms with Crippen LogP contribution in [0.5, 0.6) is 0 Å². The maximum atomic E-state index is 11.0. The molecular weight excluding hydrogens is 208 g/mol. The minimum absolute atomic E-state index is 0.139. The van der Waals surface area contributed by atoms with E-state index in [0.29, 0.717) is 19.6 Å². The third-order valence-corrected chi connectivity index (χ3v) is 2.02. The number of carbonyl (C=O) groups excluding carboxylic acids is 1. The summed E-state index contributed by atoms with van der Waals surface area (Å²) in [6.07, 6.45) is 1.22. The molecule has 0 unspecified atom stereocenters. The van der Waals surface area contributed by atoms with E-state index in [1.807, 2.05) is 19.9 Å². The average Bonchev–Trinajstić information content (AvgIpc) is 2.64. The lowest BCUT2D eigenvalue weighted by molar-refractivity contribution is -0.143. The van der Waals surface area contributed by atoms with Crippen LogP contribution in [0.25, 0.3) is 0 Å². The molecule has 5 heteroatoms. The van der Waals surface area contributed by atoms with E-state index >= 15 is 0 Å². The SMILES string of the molecule is CCOC(=O)CCCNCc1cc(C)no1. The molecule has 0 aliphatic heterocycles. The van der Waals surface area contributed by atoms with Gasteiger partial charge in [-0.15, -0.1) is 0 Å². The molecular formula is C11H18N2O3. The Balaban J connectivity index is 2.02. The van der Waals surface area contributed by atoms with Crippen LogP contribution in [-0.4, -0.2) is 24.3 Å². The molecule has 1 aromatic heterocycles. The van der Waals surface area contributed by atoms with Gasteiger partial charge in [-0.2, -0.15) is 0 Å². The van der Waals surface area contributed by atoms with E-state index in [1.54, 1.807) is 0 Å². The summed E-state index contributed by atoms with van der Waals surface area (Å²) in [5.41, 5.74) is 0.878. The normalized spacial score (nSPS) is 10.4. The van der Waals surface area contributed by atoms with E-state index in [-0.39, 0.29) is 5.97 Å². The number of carbonyl (C=O) groups is 1. The molecule has 5 nitrogen and oxygen atoms in total. The van der Waals surface area contributed by atoms with Crippen LogP contribution in [0.1, 0.15) is 31.2 Å². The first kappa shape index (κ1) is 12.7. The van der Waals surface area contributed by atoms with Crippen molar-refractivity contribution in [3.63, 3.8) is 0 Å². The molecule has 0 atom stereocenters. The lowest BCUT2D eigenvalue weighted by Crippen LogP contribution is -2.16. The number of ether oxygens (including phenoxy) is 1. The van der Waals surface area contributed by atoms with Gasteiger partial charge >= 0.3 is 5.97 Å². The Hall–Kier alpha value is -1.36. The monoisotopic (exact) mass is 226 g/mol. The number of aryl methyl sites for hydroxylation is 1. The number of aromatic nitrogens is 1. The van der Waals surface area contributed by atoms with E-state index < -0.39 is 0 Å². The summed E-state index contributed by atoms with van der Waals surface area (Å²) >= 11 is 0. The summed E-state index contributed by atoms with van der Waals surface area (Å²) in [6, 6.07) is 1.89. The van der Waals surface area contributed by atoms with Crippen LogP contribution in [-0.2, 0) is 16.1 Å². The second-order valence-corrected chi connectivity index (χ2v) is 3.52. The molecule has 0 radical (unpaired) electrons. The topological polar surface area (TPSA) is 64.4 Å². The zero-order valence-electron chi connectivity index (χ0n) is 9.78. The standard InChI is InChI=1S/C11H18N2O3/c1-3-15-11(14)5-4-6-12-8-10-7-9(2)13-16-10/h7,12H,3-6,8H2,1-2H3. The van der Waals surface area contributed by atoms with Gasteiger partial charge in [-0.25, -0.2) is 0 Å². The predicted octanol–water partition coefficient (Wildman–Crippen LogP) is 1.42. The van der Waals surface area contributed by atoms with E-state index in [4.69, 9.17) is 9.26 Å². The van der Waals surface area contributed by atoms with Crippen LogP contribution in [0.15, 0.2) is 10.6 Å². The van der Waals surface area contributed by atoms with E-state index in [0.717, 1.165) is 24.4 Å². The number of nitrogens with one attached hydrogen (secondary N) is 1. The van der Waals surface area contributed by atoms with Crippen LogP contribution < -0.4 is 5.32 Å². The fourth-order valence-electron chi connectivity index (χ4n) is 1.30. The second kappa shape index (κ2) is 7.00. The van der Waals surface area contributed by atoms with Crippen molar-refractivity contribution in [2.24, 2.45) is 0 Å². The van der Waals surface area contributed by atoms with Gasteiger partial charge in [0.25, 0.3) is 0 Å². The summed E-state index contributed by atoms with van der Waals surface area (Å²) in [6.45, 7) is 5.54. The van der Waals surface area contributed by atoms with Gasteiger partial charge in [0.05, 0.1) is 18.8 Å². The van der Waals surface area contributed by atoms with Crippen molar-refractivity contribution in [2.75, 3.05) is 13.2 Å². The third-order valence-electron chi connectivity index (χ3n) is 2.02. The van der Waals surface area contributed by atoms with Gasteiger partial charge < -0.3 is 14.6 Å². The molecule has 0 bridgehead atoms. The maximum absolute atomic E-state index is 11.0. The lowest BCUT2D eigenvalue weighted by atomic mass is 10.3. The van der Waals surface area contributed by atoms with Crippen molar-refractivity contribution in [2.45, 2.75) is 33.2 Å². The minimum atomic E-state index is -0.139. The summed E-state index contributed by atoms with van der Waals surface area (Å²) < 4.78 is 9.84. The molecule has 0 saturated carbocycles. The Morgan fingerprint density at radius 3 is 3.06 bits per heavy atom. The summed E-state index contributed by atoms with van der Waals surface area (Å²) in [5, 5.41) is 6.95. The number of hydrogen-bond donors (Lipinski definition) is 1. The van der Waals surface area contributed by atoms with Gasteiger partial charge in [0.1, 0.15) is 0 Å². The highest BCUT2D eigenvalue weighted by Crippen LogP contribution is 2.01. The van der Waals surface area contributed by atoms with Crippen LogP contribution in [0.4, 0.5) is 0 Å². The van der Waals surface area contributed by atoms with Gasteiger partial charge in [0, 0.05) is 12.5 Å². The van der Waals surface area contributed by atoms with Crippen LogP contribution in [0.2, 0.25) is 0 Å². The Morgan fingerprint density at radius 2 is 2.44 bits per heavy atom. The molecule has 0 amide bonds. The van der Waals surface area contributed by atoms with E-state index in [2.05, 4.69) is 10.5 Å². The molecule has 1 N–H and O–H groups in total. The van der Waals surface area contributed by atoms with Crippen LogP contribution >= 0.6 is 0 Å². The molecule has 0 aliphatic rings. The Bertz CT molecular complexity index is 323. The zero-order chi connectivity index (χ0) is 11.8. The Kier molecular flexibility index (Phi) is 5.56. The minimum Gasteiger partial charge on any atom is -0.466 e. The van der Waals surface area contributed by atoms with Crippen molar-refractivity contribution in [3.8, 4) is 0 Å². The molecule has 0 aliphatic carbocycles. The number of hydrogen-bond acceptors (Lipinski definition) is 5. The van der Waals surface area contributed by atoms with Gasteiger partial charge in [0.15, 0.2) is 5.76 Å². The quantitative estimate of drug-likeness (QED) is 0.562. The molecule has 0 saturated heterocycles. The van der Waals surface area contributed by atoms with Crippen molar-refractivity contribution in [3.05, 3.63) is 17.5 Å². The smallest absolute Gasteiger partial charge is 0.305 e. The first-order chi connectivity index (χ1) is 7.72. The maximum Gasteiger partial charge on any atom is 0.305 e. The molecule has 0 fully saturated rings. The molecule has 0 aromatic carbocycles. The predicted molar refractivity (Wildman–Crippen MR) is 58.8 cm³/mol. The lowest BCUT2D eigenvalue weighted by Gasteiger charge is -2.02. The van der Waals surface area contributed by atoms with Crippen molar-refractivity contribution < 1.29 is 14.1 Å². The molecule has 16 heavy (non-hydrogen) atoms. The van der Waals surface area contributed by atoms with Crippen molar-refractivity contribution in [1.29, 1.82) is 0 Å². The average molecular weight is 226 g/mol. The fraction of sp³-hybridized carbons (Fsp3) is 0.636. The molecule has 90 valence electrons. The molecule has 0 spiro atoms. The van der Waals surface area contributed by atoms with Crippen molar-refractivity contribution >= 4 is 5.97 Å². The number of nitrogens with zero attached hydrogens (tertiary/aromatic N) is 1. The van der Waals surface area contributed by atoms with Crippen LogP contribution in [0.3, 0.4) is 0 Å². The highest BCUT2D eigenvalue weighted by atomic mass is 16.5.